The largest absolute Gasteiger partial charge is 0.496 e. The quantitative estimate of drug-likeness (QED) is 0.471. The van der Waals surface area contributed by atoms with Crippen molar-refractivity contribution in [3.63, 3.8) is 0 Å². The molecule has 0 fully saturated rings. The number of amides is 1. The molecule has 1 aromatic carbocycles. The number of carbonyl (C=O) groups excluding carboxylic acids is 1. The van der Waals surface area contributed by atoms with Crippen LogP contribution in [-0.2, 0) is 11.2 Å². The van der Waals surface area contributed by atoms with E-state index >= 15 is 0 Å². The third-order valence-corrected chi connectivity index (χ3v) is 3.08. The molecule has 0 unspecified atom stereocenters. The van der Waals surface area contributed by atoms with E-state index in [0.717, 1.165) is 0 Å². The maximum absolute atomic E-state index is 11.9. The zero-order chi connectivity index (χ0) is 14.7. The fraction of sp³-hybridized carbons (Fsp3) is 0.308. The molecule has 1 aliphatic rings. The summed E-state index contributed by atoms with van der Waals surface area (Å²) in [5, 5.41) is 11.2. The first-order valence-corrected chi connectivity index (χ1v) is 5.95. The van der Waals surface area contributed by atoms with Crippen molar-refractivity contribution in [3.05, 3.63) is 40.0 Å². The molecule has 20 heavy (non-hydrogen) atoms. The number of nitrogens with zero attached hydrogens (tertiary/aromatic N) is 2. The Labute approximate surface area is 115 Å². The van der Waals surface area contributed by atoms with Crippen molar-refractivity contribution >= 4 is 17.5 Å². The summed E-state index contributed by atoms with van der Waals surface area (Å²) < 4.78 is 9.93. The molecule has 1 aromatic rings. The van der Waals surface area contributed by atoms with Crippen LogP contribution >= 0.6 is 0 Å². The molecular formula is C13H14N2O5. The lowest BCUT2D eigenvalue weighted by atomic mass is 10.1. The van der Waals surface area contributed by atoms with Crippen molar-refractivity contribution < 1.29 is 19.2 Å². The van der Waals surface area contributed by atoms with E-state index < -0.39 is 11.0 Å². The van der Waals surface area contributed by atoms with Gasteiger partial charge >= 0.3 is 6.09 Å². The number of fused-ring (bicyclic) bond motifs is 1. The van der Waals surface area contributed by atoms with Crippen molar-refractivity contribution in [1.29, 1.82) is 0 Å². The summed E-state index contributed by atoms with van der Waals surface area (Å²) in [5.74, 6) is 0.506. The predicted octanol–water partition coefficient (Wildman–Crippen LogP) is 2.29. The summed E-state index contributed by atoms with van der Waals surface area (Å²) in [4.78, 5) is 23.8. The predicted molar refractivity (Wildman–Crippen MR) is 72.2 cm³/mol. The lowest BCUT2D eigenvalue weighted by molar-refractivity contribution is -0.384. The molecule has 1 heterocycles. The Kier molecular flexibility index (Phi) is 3.88. The molecule has 0 aliphatic carbocycles. The van der Waals surface area contributed by atoms with E-state index in [1.54, 1.807) is 6.08 Å². The molecule has 0 radical (unpaired) electrons. The highest BCUT2D eigenvalue weighted by molar-refractivity contribution is 5.93. The zero-order valence-corrected chi connectivity index (χ0v) is 11.2. The highest BCUT2D eigenvalue weighted by Gasteiger charge is 2.30. The first kappa shape index (κ1) is 13.9. The smallest absolute Gasteiger partial charge is 0.414 e. The molecule has 106 valence electrons. The maximum Gasteiger partial charge on any atom is 0.414 e. The third-order valence-electron chi connectivity index (χ3n) is 3.08. The molecule has 0 aromatic heterocycles. The van der Waals surface area contributed by atoms with Crippen LogP contribution in [0.15, 0.2) is 24.3 Å². The number of carbonyl (C=O) groups is 1. The Morgan fingerprint density at radius 3 is 2.70 bits per heavy atom. The Morgan fingerprint density at radius 1 is 1.35 bits per heavy atom. The first-order chi connectivity index (χ1) is 9.60. The monoisotopic (exact) mass is 278 g/mol. The highest BCUT2D eigenvalue weighted by Crippen LogP contribution is 2.39. The normalized spacial score (nSPS) is 13.4. The highest BCUT2D eigenvalue weighted by atomic mass is 16.6. The number of allylic oxidation sites excluding steroid dienone is 1. The lowest BCUT2D eigenvalue weighted by Crippen LogP contribution is -2.31. The molecular weight excluding hydrogens is 264 g/mol. The van der Waals surface area contributed by atoms with Gasteiger partial charge in [0, 0.05) is 18.2 Å². The second kappa shape index (κ2) is 5.60. The van der Waals surface area contributed by atoms with Crippen LogP contribution in [0, 0.1) is 10.1 Å². The van der Waals surface area contributed by atoms with E-state index in [1.807, 2.05) is 6.08 Å². The van der Waals surface area contributed by atoms with Crippen LogP contribution in [0.1, 0.15) is 5.56 Å². The topological polar surface area (TPSA) is 81.9 Å². The van der Waals surface area contributed by atoms with Crippen LogP contribution in [0.3, 0.4) is 0 Å². The molecule has 0 bridgehead atoms. The van der Waals surface area contributed by atoms with Crippen molar-refractivity contribution in [1.82, 2.24) is 0 Å². The van der Waals surface area contributed by atoms with Gasteiger partial charge < -0.3 is 9.47 Å². The summed E-state index contributed by atoms with van der Waals surface area (Å²) in [7, 11) is 2.72. The Hall–Kier alpha value is -2.57. The minimum absolute atomic E-state index is 0.144. The van der Waals surface area contributed by atoms with E-state index in [0.29, 0.717) is 17.7 Å². The van der Waals surface area contributed by atoms with Crippen molar-refractivity contribution in [3.8, 4) is 5.75 Å². The number of anilines is 1. The van der Waals surface area contributed by atoms with Gasteiger partial charge in [0.05, 0.1) is 19.1 Å². The molecule has 0 spiro atoms. The van der Waals surface area contributed by atoms with Crippen LogP contribution in [0.2, 0.25) is 0 Å². The first-order valence-electron chi connectivity index (χ1n) is 5.95. The molecule has 1 aliphatic heterocycles. The number of methoxy groups -OCH3 is 2. The standard InChI is InChI=1S/C13H14N2O5/c1-19-11-7-6-10(15(17)18)12-9(11)5-3-4-8-14(12)13(16)20-2/h3-4,6-7H,5,8H2,1-2H3. The summed E-state index contributed by atoms with van der Waals surface area (Å²) in [6, 6.07) is 2.87. The number of rotatable bonds is 2. The number of hydrogen-bond acceptors (Lipinski definition) is 5. The minimum Gasteiger partial charge on any atom is -0.496 e. The van der Waals surface area contributed by atoms with E-state index in [4.69, 9.17) is 9.47 Å². The van der Waals surface area contributed by atoms with Gasteiger partial charge in [-0.2, -0.15) is 0 Å². The SMILES string of the molecule is COC(=O)N1CC=CCc2c(OC)ccc([N+](=O)[O-])c21. The van der Waals surface area contributed by atoms with Gasteiger partial charge in [-0.3, -0.25) is 15.0 Å². The molecule has 0 N–H and O–H groups in total. The van der Waals surface area contributed by atoms with Gasteiger partial charge in [-0.25, -0.2) is 4.79 Å². The van der Waals surface area contributed by atoms with Gasteiger partial charge in [-0.05, 0) is 12.5 Å². The molecule has 0 atom stereocenters. The van der Waals surface area contributed by atoms with Gasteiger partial charge in [0.2, 0.25) is 0 Å². The van der Waals surface area contributed by atoms with Gasteiger partial charge in [0.15, 0.2) is 0 Å². The van der Waals surface area contributed by atoms with Crippen molar-refractivity contribution in [2.75, 3.05) is 25.7 Å². The zero-order valence-electron chi connectivity index (χ0n) is 11.2. The Balaban J connectivity index is 2.69. The van der Waals surface area contributed by atoms with E-state index in [1.165, 1.54) is 31.3 Å². The molecule has 0 saturated heterocycles. The maximum atomic E-state index is 11.9. The van der Waals surface area contributed by atoms with Gasteiger partial charge in [0.1, 0.15) is 11.4 Å². The number of nitro benzene ring substituents is 1. The Morgan fingerprint density at radius 2 is 2.10 bits per heavy atom. The number of nitro groups is 1. The van der Waals surface area contributed by atoms with E-state index in [-0.39, 0.29) is 17.9 Å². The van der Waals surface area contributed by atoms with Crippen LogP contribution in [0.25, 0.3) is 0 Å². The van der Waals surface area contributed by atoms with Crippen molar-refractivity contribution in [2.45, 2.75) is 6.42 Å². The van der Waals surface area contributed by atoms with Crippen LogP contribution in [-0.4, -0.2) is 31.8 Å². The van der Waals surface area contributed by atoms with E-state index in [2.05, 4.69) is 0 Å². The van der Waals surface area contributed by atoms with Crippen LogP contribution < -0.4 is 9.64 Å². The van der Waals surface area contributed by atoms with E-state index in [9.17, 15) is 14.9 Å². The fourth-order valence-electron chi connectivity index (χ4n) is 2.19. The summed E-state index contributed by atoms with van der Waals surface area (Å²) in [6.45, 7) is 0.216. The number of benzene rings is 1. The van der Waals surface area contributed by atoms with Gasteiger partial charge in [0.25, 0.3) is 5.69 Å². The number of ether oxygens (including phenoxy) is 2. The van der Waals surface area contributed by atoms with Crippen LogP contribution in [0.4, 0.5) is 16.2 Å². The second-order valence-corrected chi connectivity index (χ2v) is 4.13. The van der Waals surface area contributed by atoms with Crippen LogP contribution in [0.5, 0.6) is 5.75 Å². The van der Waals surface area contributed by atoms with Gasteiger partial charge in [-0.15, -0.1) is 0 Å². The second-order valence-electron chi connectivity index (χ2n) is 4.13. The fourth-order valence-corrected chi connectivity index (χ4v) is 2.19. The molecule has 0 saturated carbocycles. The molecule has 7 heteroatoms. The average molecular weight is 278 g/mol. The summed E-state index contributed by atoms with van der Waals surface area (Å²) in [6.07, 6.45) is 3.41. The molecule has 1 amide bonds. The third kappa shape index (κ3) is 2.29. The Bertz CT molecular complexity index is 582. The summed E-state index contributed by atoms with van der Waals surface area (Å²) >= 11 is 0. The molecule has 2 rings (SSSR count). The minimum atomic E-state index is -0.644. The summed E-state index contributed by atoms with van der Waals surface area (Å²) in [5.41, 5.74) is 0.682. The lowest BCUT2D eigenvalue weighted by Gasteiger charge is -2.21. The number of hydrogen-bond donors (Lipinski definition) is 0. The van der Waals surface area contributed by atoms with Crippen molar-refractivity contribution in [2.24, 2.45) is 0 Å². The average Bonchev–Trinajstić information content (AvgIpc) is 2.67. The molecule has 7 nitrogen and oxygen atoms in total. The van der Waals surface area contributed by atoms with Gasteiger partial charge in [-0.1, -0.05) is 12.2 Å².